The number of nitrogen functional groups attached to an aromatic ring is 2. The zero-order valence-electron chi connectivity index (χ0n) is 7.94. The summed E-state index contributed by atoms with van der Waals surface area (Å²) in [5.41, 5.74) is 13.4. The molecule has 1 aromatic heterocycles. The van der Waals surface area contributed by atoms with Crippen LogP contribution in [0.25, 0.3) is 11.1 Å². The molecule has 0 unspecified atom stereocenters. The lowest BCUT2D eigenvalue weighted by Crippen LogP contribution is -1.96. The smallest absolute Gasteiger partial charge is 0.131 e. The van der Waals surface area contributed by atoms with Gasteiger partial charge in [0.05, 0.1) is 11.9 Å². The van der Waals surface area contributed by atoms with Gasteiger partial charge in [0, 0.05) is 5.56 Å². The molecular weight excluding hydrogens is 193 g/mol. The molecule has 2 aromatic rings. The summed E-state index contributed by atoms with van der Waals surface area (Å²) in [6, 6.07) is 7.75. The molecule has 0 amide bonds. The molecule has 15 heavy (non-hydrogen) atoms. The second kappa shape index (κ2) is 3.57. The Balaban J connectivity index is 2.53. The Kier molecular flexibility index (Phi) is 2.25. The molecule has 4 N–H and O–H groups in total. The van der Waals surface area contributed by atoms with E-state index in [0.717, 1.165) is 11.1 Å². The third-order valence-corrected chi connectivity index (χ3v) is 2.09. The van der Waals surface area contributed by atoms with Gasteiger partial charge in [-0.2, -0.15) is 0 Å². The number of nitrogens with zero attached hydrogens (tertiary/aromatic N) is 1. The summed E-state index contributed by atoms with van der Waals surface area (Å²) in [6.07, 6.45) is 1.49. The summed E-state index contributed by atoms with van der Waals surface area (Å²) in [4.78, 5) is 3.94. The standard InChI is InChI=1S/C11H10FN3/c12-8-3-1-7(2-4-8)10-5-9(13)6-15-11(10)14/h1-6H,13H2,(H2,14,15). The van der Waals surface area contributed by atoms with Crippen LogP contribution in [0.15, 0.2) is 36.5 Å². The molecule has 0 radical (unpaired) electrons. The predicted molar refractivity (Wildman–Crippen MR) is 58.5 cm³/mol. The minimum atomic E-state index is -0.283. The molecule has 0 atom stereocenters. The second-order valence-corrected chi connectivity index (χ2v) is 3.21. The zero-order chi connectivity index (χ0) is 10.8. The molecule has 0 spiro atoms. The van der Waals surface area contributed by atoms with Crippen molar-refractivity contribution in [2.75, 3.05) is 11.5 Å². The molecule has 0 aliphatic carbocycles. The maximum absolute atomic E-state index is 12.7. The highest BCUT2D eigenvalue weighted by Crippen LogP contribution is 2.25. The quantitative estimate of drug-likeness (QED) is 0.745. The number of rotatable bonds is 1. The highest BCUT2D eigenvalue weighted by Gasteiger charge is 2.04. The molecule has 1 heterocycles. The van der Waals surface area contributed by atoms with Crippen LogP contribution in [0.5, 0.6) is 0 Å². The summed E-state index contributed by atoms with van der Waals surface area (Å²) < 4.78 is 12.7. The Morgan fingerprint density at radius 3 is 2.40 bits per heavy atom. The Morgan fingerprint density at radius 1 is 1.07 bits per heavy atom. The lowest BCUT2D eigenvalue weighted by molar-refractivity contribution is 0.628. The first-order valence-electron chi connectivity index (χ1n) is 4.44. The highest BCUT2D eigenvalue weighted by molar-refractivity contribution is 5.76. The van der Waals surface area contributed by atoms with Crippen molar-refractivity contribution >= 4 is 11.5 Å². The minimum absolute atomic E-state index is 0.283. The van der Waals surface area contributed by atoms with Gasteiger partial charge in [-0.3, -0.25) is 0 Å². The van der Waals surface area contributed by atoms with E-state index in [-0.39, 0.29) is 5.82 Å². The molecule has 4 heteroatoms. The number of halogens is 1. The molecule has 0 bridgehead atoms. The van der Waals surface area contributed by atoms with Crippen molar-refractivity contribution in [1.82, 2.24) is 4.98 Å². The summed E-state index contributed by atoms with van der Waals surface area (Å²) in [5, 5.41) is 0. The van der Waals surface area contributed by atoms with Crippen LogP contribution < -0.4 is 11.5 Å². The molecule has 0 saturated carbocycles. The first kappa shape index (κ1) is 9.45. The molecule has 0 aliphatic heterocycles. The first-order chi connectivity index (χ1) is 7.16. The Bertz CT molecular complexity index is 480. The van der Waals surface area contributed by atoms with Crippen molar-refractivity contribution in [3.63, 3.8) is 0 Å². The molecular formula is C11H10FN3. The maximum atomic E-state index is 12.7. The van der Waals surface area contributed by atoms with Crippen molar-refractivity contribution < 1.29 is 4.39 Å². The molecule has 0 fully saturated rings. The van der Waals surface area contributed by atoms with Gasteiger partial charge in [0.25, 0.3) is 0 Å². The van der Waals surface area contributed by atoms with Gasteiger partial charge in [-0.15, -0.1) is 0 Å². The second-order valence-electron chi connectivity index (χ2n) is 3.21. The van der Waals surface area contributed by atoms with Gasteiger partial charge in [-0.1, -0.05) is 12.1 Å². The summed E-state index contributed by atoms with van der Waals surface area (Å²) in [5.74, 6) is 0.102. The SMILES string of the molecule is Nc1cnc(N)c(-c2ccc(F)cc2)c1. The van der Waals surface area contributed by atoms with Crippen LogP contribution in [0.2, 0.25) is 0 Å². The largest absolute Gasteiger partial charge is 0.397 e. The van der Waals surface area contributed by atoms with Crippen molar-refractivity contribution in [2.45, 2.75) is 0 Å². The Labute approximate surface area is 86.6 Å². The lowest BCUT2D eigenvalue weighted by Gasteiger charge is -2.05. The predicted octanol–water partition coefficient (Wildman–Crippen LogP) is 2.05. The summed E-state index contributed by atoms with van der Waals surface area (Å²) >= 11 is 0. The van der Waals surface area contributed by atoms with E-state index in [2.05, 4.69) is 4.98 Å². The zero-order valence-corrected chi connectivity index (χ0v) is 7.94. The van der Waals surface area contributed by atoms with Crippen LogP contribution in [-0.2, 0) is 0 Å². The first-order valence-corrected chi connectivity index (χ1v) is 4.44. The number of hydrogen-bond acceptors (Lipinski definition) is 3. The fourth-order valence-electron chi connectivity index (χ4n) is 1.35. The molecule has 3 nitrogen and oxygen atoms in total. The van der Waals surface area contributed by atoms with Crippen LogP contribution >= 0.6 is 0 Å². The van der Waals surface area contributed by atoms with E-state index in [0.29, 0.717) is 11.5 Å². The van der Waals surface area contributed by atoms with E-state index in [9.17, 15) is 4.39 Å². The van der Waals surface area contributed by atoms with Crippen LogP contribution in [0.4, 0.5) is 15.9 Å². The Hall–Kier alpha value is -2.10. The fraction of sp³-hybridized carbons (Fsp3) is 0. The van der Waals surface area contributed by atoms with Crippen molar-refractivity contribution in [3.05, 3.63) is 42.3 Å². The van der Waals surface area contributed by atoms with Gasteiger partial charge in [0.15, 0.2) is 0 Å². The van der Waals surface area contributed by atoms with Gasteiger partial charge < -0.3 is 11.5 Å². The van der Waals surface area contributed by atoms with Gasteiger partial charge >= 0.3 is 0 Å². The van der Waals surface area contributed by atoms with Crippen molar-refractivity contribution in [1.29, 1.82) is 0 Å². The van der Waals surface area contributed by atoms with Crippen molar-refractivity contribution in [3.8, 4) is 11.1 Å². The van der Waals surface area contributed by atoms with E-state index < -0.39 is 0 Å². The number of aromatic nitrogens is 1. The van der Waals surface area contributed by atoms with Gasteiger partial charge in [0.2, 0.25) is 0 Å². The normalized spacial score (nSPS) is 10.2. The minimum Gasteiger partial charge on any atom is -0.397 e. The molecule has 0 saturated heterocycles. The molecule has 1 aromatic carbocycles. The fourth-order valence-corrected chi connectivity index (χ4v) is 1.35. The third kappa shape index (κ3) is 1.88. The van der Waals surface area contributed by atoms with Gasteiger partial charge in [-0.05, 0) is 23.8 Å². The van der Waals surface area contributed by atoms with E-state index in [1.54, 1.807) is 18.2 Å². The number of nitrogens with two attached hydrogens (primary N) is 2. The van der Waals surface area contributed by atoms with Crippen LogP contribution in [-0.4, -0.2) is 4.98 Å². The molecule has 76 valence electrons. The average Bonchev–Trinajstić information content (AvgIpc) is 2.23. The Morgan fingerprint density at radius 2 is 1.73 bits per heavy atom. The topological polar surface area (TPSA) is 64.9 Å². The van der Waals surface area contributed by atoms with Crippen molar-refractivity contribution in [2.24, 2.45) is 0 Å². The highest BCUT2D eigenvalue weighted by atomic mass is 19.1. The average molecular weight is 203 g/mol. The van der Waals surface area contributed by atoms with Crippen LogP contribution in [0.3, 0.4) is 0 Å². The van der Waals surface area contributed by atoms with E-state index in [1.807, 2.05) is 0 Å². The summed E-state index contributed by atoms with van der Waals surface area (Å²) in [7, 11) is 0. The van der Waals surface area contributed by atoms with E-state index >= 15 is 0 Å². The molecule has 0 aliphatic rings. The third-order valence-electron chi connectivity index (χ3n) is 2.09. The lowest BCUT2D eigenvalue weighted by atomic mass is 10.1. The number of pyridine rings is 1. The van der Waals surface area contributed by atoms with Gasteiger partial charge in [-0.25, -0.2) is 9.37 Å². The summed E-state index contributed by atoms with van der Waals surface area (Å²) in [6.45, 7) is 0. The molecule has 2 rings (SSSR count). The number of benzene rings is 1. The monoisotopic (exact) mass is 203 g/mol. The van der Waals surface area contributed by atoms with Gasteiger partial charge in [0.1, 0.15) is 11.6 Å². The van der Waals surface area contributed by atoms with Crippen LogP contribution in [0, 0.1) is 5.82 Å². The maximum Gasteiger partial charge on any atom is 0.131 e. The number of anilines is 2. The van der Waals surface area contributed by atoms with Crippen LogP contribution in [0.1, 0.15) is 0 Å². The van der Waals surface area contributed by atoms with E-state index in [1.165, 1.54) is 18.3 Å². The van der Waals surface area contributed by atoms with E-state index in [4.69, 9.17) is 11.5 Å². The number of hydrogen-bond donors (Lipinski definition) is 2.